The van der Waals surface area contributed by atoms with Gasteiger partial charge >= 0.3 is 0 Å². The number of hydrogen-bond donors (Lipinski definition) is 0. The molecule has 0 bridgehead atoms. The van der Waals surface area contributed by atoms with E-state index < -0.39 is 0 Å². The van der Waals surface area contributed by atoms with Crippen LogP contribution in [0.25, 0.3) is 6.08 Å². The fourth-order valence-electron chi connectivity index (χ4n) is 1.10. The smallest absolute Gasteiger partial charge is 0.178 e. The van der Waals surface area contributed by atoms with Gasteiger partial charge in [0.05, 0.1) is 0 Å². The van der Waals surface area contributed by atoms with E-state index >= 15 is 0 Å². The molecule has 0 aliphatic rings. The fourth-order valence-corrected chi connectivity index (χ4v) is 1.10. The monoisotopic (exact) mass is 148 g/mol. The predicted octanol–water partition coefficient (Wildman–Crippen LogP) is 1.95. The van der Waals surface area contributed by atoms with E-state index in [1.54, 1.807) is 0 Å². The summed E-state index contributed by atoms with van der Waals surface area (Å²) in [6.45, 7) is 8.99. The molecule has 11 heavy (non-hydrogen) atoms. The van der Waals surface area contributed by atoms with Crippen molar-refractivity contribution in [3.63, 3.8) is 0 Å². The van der Waals surface area contributed by atoms with Gasteiger partial charge in [0, 0.05) is 18.6 Å². The Balaban J connectivity index is 3.12. The second kappa shape index (κ2) is 3.33. The van der Waals surface area contributed by atoms with E-state index in [1.807, 2.05) is 6.08 Å². The zero-order valence-electron chi connectivity index (χ0n) is 7.17. The molecular formula is C10H14N+. The summed E-state index contributed by atoms with van der Waals surface area (Å²) < 4.78 is 2.21. The molecule has 0 saturated heterocycles. The molecule has 0 atom stereocenters. The van der Waals surface area contributed by atoms with E-state index in [0.717, 1.165) is 6.54 Å². The van der Waals surface area contributed by atoms with Crippen LogP contribution < -0.4 is 4.57 Å². The van der Waals surface area contributed by atoms with Crippen molar-refractivity contribution in [2.75, 3.05) is 0 Å². The van der Waals surface area contributed by atoms with Gasteiger partial charge in [0.2, 0.25) is 0 Å². The minimum Gasteiger partial charge on any atom is -0.202 e. The van der Waals surface area contributed by atoms with Crippen molar-refractivity contribution in [3.8, 4) is 0 Å². The second-order valence-corrected chi connectivity index (χ2v) is 2.59. The van der Waals surface area contributed by atoms with Crippen molar-refractivity contribution >= 4 is 6.08 Å². The highest BCUT2D eigenvalue weighted by Crippen LogP contribution is 1.98. The number of aromatic nitrogens is 1. The Bertz CT molecular complexity index is 264. The highest BCUT2D eigenvalue weighted by molar-refractivity contribution is 5.43. The van der Waals surface area contributed by atoms with E-state index in [0.29, 0.717) is 0 Å². The maximum Gasteiger partial charge on any atom is 0.178 e. The van der Waals surface area contributed by atoms with Crippen LogP contribution in [0.3, 0.4) is 0 Å². The van der Waals surface area contributed by atoms with Gasteiger partial charge in [0.1, 0.15) is 6.54 Å². The largest absolute Gasteiger partial charge is 0.202 e. The van der Waals surface area contributed by atoms with Crippen molar-refractivity contribution in [2.24, 2.45) is 0 Å². The second-order valence-electron chi connectivity index (χ2n) is 2.59. The van der Waals surface area contributed by atoms with Crippen molar-refractivity contribution in [2.45, 2.75) is 20.4 Å². The van der Waals surface area contributed by atoms with Gasteiger partial charge in [-0.15, -0.1) is 0 Å². The molecule has 0 aliphatic heterocycles. The molecule has 0 radical (unpaired) electrons. The molecule has 0 amide bonds. The first kappa shape index (κ1) is 7.99. The average Bonchev–Trinajstić information content (AvgIpc) is 2.05. The van der Waals surface area contributed by atoms with Crippen LogP contribution >= 0.6 is 0 Å². The van der Waals surface area contributed by atoms with Crippen LogP contribution in [0, 0.1) is 6.92 Å². The number of pyridine rings is 1. The van der Waals surface area contributed by atoms with Crippen LogP contribution in [-0.4, -0.2) is 0 Å². The quantitative estimate of drug-likeness (QED) is 0.564. The SMILES string of the molecule is C=Cc1ccc(C)[n+](CC)c1. The van der Waals surface area contributed by atoms with Gasteiger partial charge in [-0.25, -0.2) is 4.57 Å². The third kappa shape index (κ3) is 1.67. The van der Waals surface area contributed by atoms with Crippen LogP contribution in [0.5, 0.6) is 0 Å². The topological polar surface area (TPSA) is 3.88 Å². The molecule has 0 aliphatic carbocycles. The summed E-state index contributed by atoms with van der Waals surface area (Å²) in [5.41, 5.74) is 2.47. The van der Waals surface area contributed by atoms with Crippen LogP contribution in [0.1, 0.15) is 18.2 Å². The summed E-state index contributed by atoms with van der Waals surface area (Å²) in [6, 6.07) is 4.19. The maximum absolute atomic E-state index is 3.72. The van der Waals surface area contributed by atoms with E-state index in [2.05, 4.69) is 43.3 Å². The Kier molecular flexibility index (Phi) is 2.42. The lowest BCUT2D eigenvalue weighted by Gasteiger charge is -1.96. The maximum atomic E-state index is 3.72. The summed E-state index contributed by atoms with van der Waals surface area (Å²) >= 11 is 0. The molecule has 1 nitrogen and oxygen atoms in total. The first-order valence-electron chi connectivity index (χ1n) is 3.90. The van der Waals surface area contributed by atoms with Crippen molar-refractivity contribution in [1.82, 2.24) is 0 Å². The van der Waals surface area contributed by atoms with Gasteiger partial charge in [0.25, 0.3) is 0 Å². The highest BCUT2D eigenvalue weighted by Gasteiger charge is 2.01. The van der Waals surface area contributed by atoms with Crippen molar-refractivity contribution in [3.05, 3.63) is 36.2 Å². The van der Waals surface area contributed by atoms with Gasteiger partial charge in [-0.2, -0.15) is 0 Å². The van der Waals surface area contributed by atoms with E-state index in [1.165, 1.54) is 11.3 Å². The third-order valence-electron chi connectivity index (χ3n) is 1.85. The summed E-state index contributed by atoms with van der Waals surface area (Å²) in [5, 5.41) is 0. The van der Waals surface area contributed by atoms with Gasteiger partial charge < -0.3 is 0 Å². The molecule has 1 aromatic heterocycles. The molecule has 0 saturated carbocycles. The molecule has 1 aromatic rings. The number of aryl methyl sites for hydroxylation is 2. The number of rotatable bonds is 2. The Hall–Kier alpha value is -1.11. The van der Waals surface area contributed by atoms with Crippen LogP contribution in [0.4, 0.5) is 0 Å². The minimum absolute atomic E-state index is 1.02. The fraction of sp³-hybridized carbons (Fsp3) is 0.300. The molecule has 1 heterocycles. The molecule has 0 spiro atoms. The number of hydrogen-bond acceptors (Lipinski definition) is 0. The lowest BCUT2D eigenvalue weighted by Crippen LogP contribution is -2.35. The first-order valence-corrected chi connectivity index (χ1v) is 3.90. The van der Waals surface area contributed by atoms with E-state index in [9.17, 15) is 0 Å². The number of nitrogens with zero attached hydrogens (tertiary/aromatic N) is 1. The van der Waals surface area contributed by atoms with Crippen molar-refractivity contribution < 1.29 is 4.57 Å². The lowest BCUT2D eigenvalue weighted by atomic mass is 10.2. The minimum atomic E-state index is 1.02. The van der Waals surface area contributed by atoms with Crippen LogP contribution in [0.2, 0.25) is 0 Å². The lowest BCUT2D eigenvalue weighted by molar-refractivity contribution is -0.699. The molecule has 1 heteroatoms. The van der Waals surface area contributed by atoms with Crippen molar-refractivity contribution in [1.29, 1.82) is 0 Å². The van der Waals surface area contributed by atoms with E-state index in [4.69, 9.17) is 0 Å². The molecule has 1 rings (SSSR count). The zero-order chi connectivity index (χ0) is 8.27. The molecule has 0 aromatic carbocycles. The Morgan fingerprint density at radius 3 is 2.82 bits per heavy atom. The zero-order valence-corrected chi connectivity index (χ0v) is 7.17. The average molecular weight is 148 g/mol. The Labute approximate surface area is 68.0 Å². The van der Waals surface area contributed by atoms with Gasteiger partial charge in [-0.1, -0.05) is 12.7 Å². The van der Waals surface area contributed by atoms with Gasteiger partial charge in [0.15, 0.2) is 11.9 Å². The first-order chi connectivity index (χ1) is 5.27. The summed E-state index contributed by atoms with van der Waals surface area (Å²) in [6.07, 6.45) is 3.98. The Morgan fingerprint density at radius 2 is 2.27 bits per heavy atom. The normalized spacial score (nSPS) is 9.64. The van der Waals surface area contributed by atoms with Gasteiger partial charge in [-0.3, -0.25) is 0 Å². The third-order valence-corrected chi connectivity index (χ3v) is 1.85. The predicted molar refractivity (Wildman–Crippen MR) is 47.1 cm³/mol. The standard InChI is InChI=1S/C10H14N/c1-4-10-7-6-9(3)11(5-2)8-10/h4,6-8H,1,5H2,2-3H3/q+1. The Morgan fingerprint density at radius 1 is 1.55 bits per heavy atom. The van der Waals surface area contributed by atoms with Crippen LogP contribution in [-0.2, 0) is 6.54 Å². The summed E-state index contributed by atoms with van der Waals surface area (Å²) in [4.78, 5) is 0. The summed E-state index contributed by atoms with van der Waals surface area (Å²) in [7, 11) is 0. The molecule has 0 unspecified atom stereocenters. The molecular weight excluding hydrogens is 134 g/mol. The highest BCUT2D eigenvalue weighted by atomic mass is 14.9. The van der Waals surface area contributed by atoms with Gasteiger partial charge in [-0.05, 0) is 13.0 Å². The van der Waals surface area contributed by atoms with E-state index in [-0.39, 0.29) is 0 Å². The molecule has 0 N–H and O–H groups in total. The summed E-state index contributed by atoms with van der Waals surface area (Å²) in [5.74, 6) is 0. The molecule has 0 fully saturated rings. The van der Waals surface area contributed by atoms with Crippen LogP contribution in [0.15, 0.2) is 24.9 Å². The molecule has 58 valence electrons.